The van der Waals surface area contributed by atoms with Gasteiger partial charge in [0.1, 0.15) is 0 Å². The molecule has 0 aliphatic heterocycles. The van der Waals surface area contributed by atoms with E-state index in [1.807, 2.05) is 0 Å². The van der Waals surface area contributed by atoms with Crippen LogP contribution >= 0.6 is 0 Å². The standard InChI is InChI=1S/C8H16O2/c1-2-7-10-8-5-3-4-6-9/h2,9H,1,3-8H2. The van der Waals surface area contributed by atoms with Gasteiger partial charge in [-0.15, -0.1) is 6.58 Å². The highest BCUT2D eigenvalue weighted by atomic mass is 16.5. The van der Waals surface area contributed by atoms with Gasteiger partial charge in [0.2, 0.25) is 0 Å². The summed E-state index contributed by atoms with van der Waals surface area (Å²) < 4.78 is 5.13. The molecule has 0 fully saturated rings. The van der Waals surface area contributed by atoms with Crippen molar-refractivity contribution in [3.63, 3.8) is 0 Å². The third-order valence-electron chi connectivity index (χ3n) is 1.18. The van der Waals surface area contributed by atoms with E-state index in [9.17, 15) is 0 Å². The molecule has 0 aromatic rings. The maximum absolute atomic E-state index is 8.41. The maximum atomic E-state index is 8.41. The molecule has 2 heteroatoms. The number of rotatable bonds is 7. The first kappa shape index (κ1) is 9.66. The summed E-state index contributed by atoms with van der Waals surface area (Å²) in [7, 11) is 0. The van der Waals surface area contributed by atoms with Crippen LogP contribution in [0, 0.1) is 0 Å². The molecule has 0 spiro atoms. The van der Waals surface area contributed by atoms with Crippen LogP contribution in [0.25, 0.3) is 0 Å². The smallest absolute Gasteiger partial charge is 0.0644 e. The van der Waals surface area contributed by atoms with E-state index in [1.54, 1.807) is 6.08 Å². The van der Waals surface area contributed by atoms with Crippen LogP contribution in [-0.4, -0.2) is 24.9 Å². The summed E-state index contributed by atoms with van der Waals surface area (Å²) in [5.74, 6) is 0. The van der Waals surface area contributed by atoms with Gasteiger partial charge in [-0.25, -0.2) is 0 Å². The molecule has 0 amide bonds. The Kier molecular flexibility index (Phi) is 8.37. The van der Waals surface area contributed by atoms with Crippen LogP contribution in [0.2, 0.25) is 0 Å². The van der Waals surface area contributed by atoms with Crippen LogP contribution in [0.15, 0.2) is 12.7 Å². The van der Waals surface area contributed by atoms with Crippen molar-refractivity contribution in [3.05, 3.63) is 12.7 Å². The summed E-state index contributed by atoms with van der Waals surface area (Å²) in [5, 5.41) is 8.41. The van der Waals surface area contributed by atoms with Crippen LogP contribution in [0.3, 0.4) is 0 Å². The predicted octanol–water partition coefficient (Wildman–Crippen LogP) is 1.35. The molecule has 0 aromatic heterocycles. The quantitative estimate of drug-likeness (QED) is 0.431. The zero-order valence-corrected chi connectivity index (χ0v) is 6.38. The second-order valence-corrected chi connectivity index (χ2v) is 2.15. The number of aliphatic hydroxyl groups excluding tert-OH is 1. The second-order valence-electron chi connectivity index (χ2n) is 2.15. The van der Waals surface area contributed by atoms with Crippen molar-refractivity contribution >= 4 is 0 Å². The van der Waals surface area contributed by atoms with Crippen LogP contribution < -0.4 is 0 Å². The highest BCUT2D eigenvalue weighted by Crippen LogP contribution is 1.93. The molecule has 0 saturated heterocycles. The Morgan fingerprint density at radius 2 is 2.10 bits per heavy atom. The topological polar surface area (TPSA) is 29.5 Å². The van der Waals surface area contributed by atoms with Gasteiger partial charge in [-0.1, -0.05) is 6.08 Å². The molecule has 0 rings (SSSR count). The fourth-order valence-electron chi connectivity index (χ4n) is 0.659. The fourth-order valence-corrected chi connectivity index (χ4v) is 0.659. The lowest BCUT2D eigenvalue weighted by molar-refractivity contribution is 0.155. The van der Waals surface area contributed by atoms with Gasteiger partial charge in [0.15, 0.2) is 0 Å². The number of aliphatic hydroxyl groups is 1. The lowest BCUT2D eigenvalue weighted by atomic mass is 10.2. The first-order valence-corrected chi connectivity index (χ1v) is 3.71. The number of hydrogen-bond donors (Lipinski definition) is 1. The minimum absolute atomic E-state index is 0.293. The zero-order valence-electron chi connectivity index (χ0n) is 6.38. The average Bonchev–Trinajstić information content (AvgIpc) is 1.97. The van der Waals surface area contributed by atoms with Gasteiger partial charge in [0.05, 0.1) is 6.61 Å². The monoisotopic (exact) mass is 144 g/mol. The number of unbranched alkanes of at least 4 members (excludes halogenated alkanes) is 2. The van der Waals surface area contributed by atoms with E-state index in [1.165, 1.54) is 0 Å². The summed E-state index contributed by atoms with van der Waals surface area (Å²) in [6, 6.07) is 0. The summed E-state index contributed by atoms with van der Waals surface area (Å²) >= 11 is 0. The zero-order chi connectivity index (χ0) is 7.66. The minimum Gasteiger partial charge on any atom is -0.396 e. The first-order chi connectivity index (χ1) is 4.91. The molecule has 1 N–H and O–H groups in total. The highest BCUT2D eigenvalue weighted by Gasteiger charge is 1.86. The molecule has 0 aliphatic rings. The van der Waals surface area contributed by atoms with Crippen LogP contribution in [0.4, 0.5) is 0 Å². The number of ether oxygens (including phenoxy) is 1. The van der Waals surface area contributed by atoms with E-state index < -0.39 is 0 Å². The van der Waals surface area contributed by atoms with E-state index in [0.29, 0.717) is 13.2 Å². The second kappa shape index (κ2) is 8.66. The lowest BCUT2D eigenvalue weighted by Gasteiger charge is -1.98. The Bertz CT molecular complexity index is 71.7. The van der Waals surface area contributed by atoms with E-state index in [-0.39, 0.29) is 0 Å². The van der Waals surface area contributed by atoms with E-state index in [0.717, 1.165) is 25.9 Å². The molecule has 60 valence electrons. The highest BCUT2D eigenvalue weighted by molar-refractivity contribution is 4.63. The molecule has 0 unspecified atom stereocenters. The van der Waals surface area contributed by atoms with Crippen LogP contribution in [-0.2, 0) is 4.74 Å². The van der Waals surface area contributed by atoms with Crippen molar-refractivity contribution in [2.24, 2.45) is 0 Å². The first-order valence-electron chi connectivity index (χ1n) is 3.71. The van der Waals surface area contributed by atoms with Crippen molar-refractivity contribution in [1.29, 1.82) is 0 Å². The SMILES string of the molecule is C=CCOCCCCCO. The summed E-state index contributed by atoms with van der Waals surface area (Å²) in [6.45, 7) is 5.24. The molecule has 10 heavy (non-hydrogen) atoms. The van der Waals surface area contributed by atoms with E-state index >= 15 is 0 Å². The van der Waals surface area contributed by atoms with Crippen molar-refractivity contribution in [1.82, 2.24) is 0 Å². The van der Waals surface area contributed by atoms with Crippen LogP contribution in [0.5, 0.6) is 0 Å². The summed E-state index contributed by atoms with van der Waals surface area (Å²) in [5.41, 5.74) is 0. The summed E-state index contributed by atoms with van der Waals surface area (Å²) in [6.07, 6.45) is 4.71. The van der Waals surface area contributed by atoms with E-state index in [2.05, 4.69) is 6.58 Å². The van der Waals surface area contributed by atoms with Gasteiger partial charge < -0.3 is 9.84 Å². The lowest BCUT2D eigenvalue weighted by Crippen LogP contribution is -1.94. The van der Waals surface area contributed by atoms with Gasteiger partial charge in [-0.3, -0.25) is 0 Å². The largest absolute Gasteiger partial charge is 0.396 e. The van der Waals surface area contributed by atoms with Gasteiger partial charge >= 0.3 is 0 Å². The van der Waals surface area contributed by atoms with Gasteiger partial charge in [0, 0.05) is 13.2 Å². The molecule has 0 heterocycles. The molecule has 0 atom stereocenters. The molecule has 0 aliphatic carbocycles. The molecule has 0 radical (unpaired) electrons. The Labute approximate surface area is 62.5 Å². The van der Waals surface area contributed by atoms with Crippen molar-refractivity contribution in [2.45, 2.75) is 19.3 Å². The third kappa shape index (κ3) is 7.66. The number of hydrogen-bond acceptors (Lipinski definition) is 2. The molecule has 0 saturated carbocycles. The predicted molar refractivity (Wildman–Crippen MR) is 42.0 cm³/mol. The van der Waals surface area contributed by atoms with Gasteiger partial charge in [0.25, 0.3) is 0 Å². The Morgan fingerprint density at radius 1 is 1.30 bits per heavy atom. The maximum Gasteiger partial charge on any atom is 0.0644 e. The molecule has 2 nitrogen and oxygen atoms in total. The molecular formula is C8H16O2. The van der Waals surface area contributed by atoms with Crippen molar-refractivity contribution in [3.8, 4) is 0 Å². The van der Waals surface area contributed by atoms with Crippen molar-refractivity contribution in [2.75, 3.05) is 19.8 Å². The third-order valence-corrected chi connectivity index (χ3v) is 1.18. The Morgan fingerprint density at radius 3 is 2.70 bits per heavy atom. The van der Waals surface area contributed by atoms with Gasteiger partial charge in [-0.2, -0.15) is 0 Å². The normalized spacial score (nSPS) is 9.70. The Balaban J connectivity index is 2.70. The molecular weight excluding hydrogens is 128 g/mol. The molecule has 0 aromatic carbocycles. The minimum atomic E-state index is 0.293. The summed E-state index contributed by atoms with van der Waals surface area (Å²) in [4.78, 5) is 0. The van der Waals surface area contributed by atoms with Crippen molar-refractivity contribution < 1.29 is 9.84 Å². The molecule has 0 bridgehead atoms. The van der Waals surface area contributed by atoms with Crippen LogP contribution in [0.1, 0.15) is 19.3 Å². The van der Waals surface area contributed by atoms with Gasteiger partial charge in [-0.05, 0) is 19.3 Å². The average molecular weight is 144 g/mol. The fraction of sp³-hybridized carbons (Fsp3) is 0.750. The Hall–Kier alpha value is -0.340. The van der Waals surface area contributed by atoms with E-state index in [4.69, 9.17) is 9.84 Å².